The van der Waals surface area contributed by atoms with Crippen molar-refractivity contribution in [1.29, 1.82) is 0 Å². The molecule has 1 aromatic heterocycles. The number of benzene rings is 1. The maximum Gasteiger partial charge on any atom is 0.330 e. The molecular weight excluding hydrogens is 338 g/mol. The Morgan fingerprint density at radius 2 is 1.73 bits per heavy atom. The summed E-state index contributed by atoms with van der Waals surface area (Å²) in [5, 5.41) is 2.73. The Bertz CT molecular complexity index is 914. The third kappa shape index (κ3) is 4.33. The quantitative estimate of drug-likeness (QED) is 0.768. The predicted molar refractivity (Wildman–Crippen MR) is 96.6 cm³/mol. The van der Waals surface area contributed by atoms with E-state index in [2.05, 4.69) is 5.32 Å². The average molecular weight is 361 g/mol. The van der Waals surface area contributed by atoms with E-state index < -0.39 is 11.2 Å². The SMILES string of the molecule is COc1ccc(CCC(=O)NCc2cc(=O)n(C)c(=O)n2C)cc1OC. The van der Waals surface area contributed by atoms with Crippen molar-refractivity contribution < 1.29 is 14.3 Å². The second-order valence-corrected chi connectivity index (χ2v) is 5.84. The van der Waals surface area contributed by atoms with Gasteiger partial charge in [0.05, 0.1) is 20.8 Å². The summed E-state index contributed by atoms with van der Waals surface area (Å²) < 4.78 is 12.8. The van der Waals surface area contributed by atoms with Gasteiger partial charge in [-0.05, 0) is 24.1 Å². The zero-order valence-electron chi connectivity index (χ0n) is 15.4. The Balaban J connectivity index is 1.96. The number of nitrogens with zero attached hydrogens (tertiary/aromatic N) is 2. The molecule has 0 radical (unpaired) electrons. The fourth-order valence-electron chi connectivity index (χ4n) is 2.52. The Morgan fingerprint density at radius 1 is 1.04 bits per heavy atom. The number of carbonyl (C=O) groups is 1. The monoisotopic (exact) mass is 361 g/mol. The minimum Gasteiger partial charge on any atom is -0.493 e. The molecule has 0 unspecified atom stereocenters. The van der Waals surface area contributed by atoms with Crippen molar-refractivity contribution in [2.24, 2.45) is 14.1 Å². The molecule has 0 aliphatic rings. The summed E-state index contributed by atoms with van der Waals surface area (Å²) in [5.41, 5.74) is 0.575. The standard InChI is InChI=1S/C18H23N3O5/c1-20-13(10-17(23)21(2)18(20)24)11-19-16(22)8-6-12-5-7-14(25-3)15(9-12)26-4/h5,7,9-10H,6,8,11H2,1-4H3,(H,19,22). The van der Waals surface area contributed by atoms with E-state index in [1.807, 2.05) is 12.1 Å². The van der Waals surface area contributed by atoms with E-state index in [9.17, 15) is 14.4 Å². The van der Waals surface area contributed by atoms with Crippen molar-refractivity contribution in [1.82, 2.24) is 14.5 Å². The zero-order chi connectivity index (χ0) is 19.3. The first kappa shape index (κ1) is 19.3. The van der Waals surface area contributed by atoms with E-state index in [4.69, 9.17) is 9.47 Å². The topological polar surface area (TPSA) is 91.6 Å². The molecule has 140 valence electrons. The van der Waals surface area contributed by atoms with E-state index in [1.165, 1.54) is 17.7 Å². The molecule has 8 nitrogen and oxygen atoms in total. The van der Waals surface area contributed by atoms with Crippen LogP contribution in [-0.2, 0) is 31.9 Å². The maximum atomic E-state index is 12.1. The van der Waals surface area contributed by atoms with Gasteiger partial charge in [0.25, 0.3) is 5.56 Å². The fraction of sp³-hybridized carbons (Fsp3) is 0.389. The first-order valence-corrected chi connectivity index (χ1v) is 8.11. The summed E-state index contributed by atoms with van der Waals surface area (Å²) >= 11 is 0. The minimum absolute atomic E-state index is 0.118. The lowest BCUT2D eigenvalue weighted by molar-refractivity contribution is -0.121. The molecule has 2 aromatic rings. The van der Waals surface area contributed by atoms with E-state index >= 15 is 0 Å². The number of methoxy groups -OCH3 is 2. The van der Waals surface area contributed by atoms with Crippen molar-refractivity contribution in [3.05, 3.63) is 56.4 Å². The molecule has 1 heterocycles. The number of amides is 1. The van der Waals surface area contributed by atoms with Gasteiger partial charge in [-0.3, -0.25) is 18.7 Å². The molecule has 1 amide bonds. The molecular formula is C18H23N3O5. The van der Waals surface area contributed by atoms with E-state index in [-0.39, 0.29) is 18.9 Å². The third-order valence-electron chi connectivity index (χ3n) is 4.18. The van der Waals surface area contributed by atoms with E-state index in [0.717, 1.165) is 10.1 Å². The van der Waals surface area contributed by atoms with Crippen molar-refractivity contribution in [2.75, 3.05) is 14.2 Å². The van der Waals surface area contributed by atoms with Gasteiger partial charge in [0.1, 0.15) is 0 Å². The van der Waals surface area contributed by atoms with Crippen LogP contribution in [0.15, 0.2) is 33.9 Å². The number of hydrogen-bond donors (Lipinski definition) is 1. The van der Waals surface area contributed by atoms with Gasteiger partial charge >= 0.3 is 5.69 Å². The highest BCUT2D eigenvalue weighted by molar-refractivity contribution is 5.76. The number of rotatable bonds is 7. The number of hydrogen-bond acceptors (Lipinski definition) is 5. The lowest BCUT2D eigenvalue weighted by atomic mass is 10.1. The smallest absolute Gasteiger partial charge is 0.330 e. The molecule has 26 heavy (non-hydrogen) atoms. The summed E-state index contributed by atoms with van der Waals surface area (Å²) in [5.74, 6) is 1.07. The van der Waals surface area contributed by atoms with Crippen LogP contribution in [0.25, 0.3) is 0 Å². The summed E-state index contributed by atoms with van der Waals surface area (Å²) in [6.07, 6.45) is 0.802. The van der Waals surface area contributed by atoms with Crippen molar-refractivity contribution in [2.45, 2.75) is 19.4 Å². The first-order chi connectivity index (χ1) is 12.4. The molecule has 0 saturated heterocycles. The lowest BCUT2D eigenvalue weighted by Crippen LogP contribution is -2.39. The van der Waals surface area contributed by atoms with Crippen LogP contribution in [0, 0.1) is 0 Å². The van der Waals surface area contributed by atoms with E-state index in [1.54, 1.807) is 27.3 Å². The Kier molecular flexibility index (Phi) is 6.21. The van der Waals surface area contributed by atoms with Crippen molar-refractivity contribution in [3.8, 4) is 11.5 Å². The number of aryl methyl sites for hydroxylation is 1. The van der Waals surface area contributed by atoms with Crippen LogP contribution in [0.5, 0.6) is 11.5 Å². The van der Waals surface area contributed by atoms with Crippen LogP contribution in [0.3, 0.4) is 0 Å². The normalized spacial score (nSPS) is 10.5. The maximum absolute atomic E-state index is 12.1. The molecule has 0 aliphatic carbocycles. The molecule has 0 atom stereocenters. The van der Waals surface area contributed by atoms with Crippen LogP contribution in [0.1, 0.15) is 17.7 Å². The highest BCUT2D eigenvalue weighted by atomic mass is 16.5. The molecule has 2 rings (SSSR count). The third-order valence-corrected chi connectivity index (χ3v) is 4.18. The number of aromatic nitrogens is 2. The van der Waals surface area contributed by atoms with Gasteiger partial charge in [0.2, 0.25) is 5.91 Å². The van der Waals surface area contributed by atoms with Gasteiger partial charge in [0.15, 0.2) is 11.5 Å². The van der Waals surface area contributed by atoms with Gasteiger partial charge in [0, 0.05) is 32.3 Å². The lowest BCUT2D eigenvalue weighted by Gasteiger charge is -2.11. The zero-order valence-corrected chi connectivity index (χ0v) is 15.4. The van der Waals surface area contributed by atoms with E-state index in [0.29, 0.717) is 23.6 Å². The van der Waals surface area contributed by atoms with Gasteiger partial charge < -0.3 is 14.8 Å². The molecule has 0 saturated carbocycles. The predicted octanol–water partition coefficient (Wildman–Crippen LogP) is 0.350. The Hall–Kier alpha value is -3.03. The number of carbonyl (C=O) groups excluding carboxylic acids is 1. The van der Waals surface area contributed by atoms with Gasteiger partial charge in [-0.15, -0.1) is 0 Å². The second-order valence-electron chi connectivity index (χ2n) is 5.84. The molecule has 0 fully saturated rings. The molecule has 1 aromatic carbocycles. The Morgan fingerprint density at radius 3 is 2.38 bits per heavy atom. The number of nitrogens with one attached hydrogen (secondary N) is 1. The molecule has 0 spiro atoms. The van der Waals surface area contributed by atoms with Gasteiger partial charge in [-0.25, -0.2) is 4.79 Å². The second kappa shape index (κ2) is 8.37. The molecule has 1 N–H and O–H groups in total. The van der Waals surface area contributed by atoms with Crippen LogP contribution in [0.4, 0.5) is 0 Å². The van der Waals surface area contributed by atoms with Crippen LogP contribution >= 0.6 is 0 Å². The van der Waals surface area contributed by atoms with Crippen molar-refractivity contribution in [3.63, 3.8) is 0 Å². The largest absolute Gasteiger partial charge is 0.493 e. The average Bonchev–Trinajstić information content (AvgIpc) is 2.66. The molecule has 0 aliphatic heterocycles. The van der Waals surface area contributed by atoms with Gasteiger partial charge in [-0.1, -0.05) is 6.07 Å². The molecule has 0 bridgehead atoms. The highest BCUT2D eigenvalue weighted by Crippen LogP contribution is 2.27. The highest BCUT2D eigenvalue weighted by Gasteiger charge is 2.09. The summed E-state index contributed by atoms with van der Waals surface area (Å²) in [4.78, 5) is 35.6. The van der Waals surface area contributed by atoms with Crippen LogP contribution in [-0.4, -0.2) is 29.3 Å². The van der Waals surface area contributed by atoms with Crippen LogP contribution in [0.2, 0.25) is 0 Å². The summed E-state index contributed by atoms with van der Waals surface area (Å²) in [7, 11) is 6.10. The summed E-state index contributed by atoms with van der Waals surface area (Å²) in [6.45, 7) is 0.118. The fourth-order valence-corrected chi connectivity index (χ4v) is 2.52. The Labute approximate surface area is 151 Å². The molecule has 8 heteroatoms. The number of ether oxygens (including phenoxy) is 2. The first-order valence-electron chi connectivity index (χ1n) is 8.11. The van der Waals surface area contributed by atoms with Gasteiger partial charge in [-0.2, -0.15) is 0 Å². The summed E-state index contributed by atoms with van der Waals surface area (Å²) in [6, 6.07) is 6.84. The minimum atomic E-state index is -0.424. The van der Waals surface area contributed by atoms with Crippen molar-refractivity contribution >= 4 is 5.91 Å². The van der Waals surface area contributed by atoms with Crippen LogP contribution < -0.4 is 26.0 Å².